The highest BCUT2D eigenvalue weighted by Crippen LogP contribution is 2.21. The Morgan fingerprint density at radius 2 is 2.00 bits per heavy atom. The highest BCUT2D eigenvalue weighted by molar-refractivity contribution is 7.89. The monoisotopic (exact) mass is 288 g/mol. The second kappa shape index (κ2) is 6.54. The van der Waals surface area contributed by atoms with Crippen LogP contribution in [0.5, 0.6) is 0 Å². The Bertz CT molecular complexity index is 506. The maximum atomic E-state index is 12.4. The molecule has 1 heterocycles. The molecule has 1 unspecified atom stereocenters. The van der Waals surface area contributed by atoms with E-state index in [2.05, 4.69) is 10.0 Å². The fraction of sp³-hybridized carbons (Fsp3) is 0.692. The van der Waals surface area contributed by atoms with Crippen LogP contribution in [0.15, 0.2) is 15.4 Å². The van der Waals surface area contributed by atoms with Crippen molar-refractivity contribution in [2.45, 2.75) is 51.6 Å². The number of aryl methyl sites for hydroxylation is 1. The molecule has 0 radical (unpaired) electrons. The average Bonchev–Trinajstić information content (AvgIpc) is 2.68. The van der Waals surface area contributed by atoms with Crippen molar-refractivity contribution in [1.29, 1.82) is 0 Å². The minimum Gasteiger partial charge on any atom is -0.464 e. The van der Waals surface area contributed by atoms with E-state index in [0.717, 1.165) is 6.42 Å². The molecule has 0 spiro atoms. The first-order valence-electron chi connectivity index (χ1n) is 6.58. The number of rotatable bonds is 7. The molecule has 110 valence electrons. The molecule has 0 saturated heterocycles. The number of sulfonamides is 1. The second-order valence-corrected chi connectivity index (χ2v) is 6.73. The Morgan fingerprint density at radius 3 is 2.47 bits per heavy atom. The van der Waals surface area contributed by atoms with Gasteiger partial charge in [0.05, 0.1) is 6.54 Å². The third-order valence-electron chi connectivity index (χ3n) is 3.11. The molecule has 0 bridgehead atoms. The highest BCUT2D eigenvalue weighted by atomic mass is 32.2. The summed E-state index contributed by atoms with van der Waals surface area (Å²) in [5.41, 5.74) is 0. The minimum atomic E-state index is -3.52. The van der Waals surface area contributed by atoms with Gasteiger partial charge in [0.2, 0.25) is 10.0 Å². The normalized spacial score (nSPS) is 14.0. The molecule has 1 rings (SSSR count). The van der Waals surface area contributed by atoms with Gasteiger partial charge in [-0.2, -0.15) is 0 Å². The maximum absolute atomic E-state index is 12.4. The fourth-order valence-electron chi connectivity index (χ4n) is 2.01. The summed E-state index contributed by atoms with van der Waals surface area (Å²) in [5.74, 6) is 1.30. The van der Waals surface area contributed by atoms with Crippen LogP contribution in [0.4, 0.5) is 0 Å². The number of hydrogen-bond acceptors (Lipinski definition) is 4. The summed E-state index contributed by atoms with van der Waals surface area (Å²) in [4.78, 5) is 0.233. The zero-order chi connectivity index (χ0) is 14.6. The molecule has 1 atom stereocenters. The van der Waals surface area contributed by atoms with Crippen molar-refractivity contribution in [2.75, 3.05) is 7.05 Å². The van der Waals surface area contributed by atoms with Crippen LogP contribution in [0, 0.1) is 12.8 Å². The van der Waals surface area contributed by atoms with Crippen LogP contribution in [0.3, 0.4) is 0 Å². The first kappa shape index (κ1) is 16.2. The van der Waals surface area contributed by atoms with Gasteiger partial charge < -0.3 is 9.73 Å². The topological polar surface area (TPSA) is 71.3 Å². The Balaban J connectivity index is 2.99. The lowest BCUT2D eigenvalue weighted by Crippen LogP contribution is -2.38. The molecule has 0 aliphatic heterocycles. The van der Waals surface area contributed by atoms with Crippen LogP contribution in [-0.4, -0.2) is 21.5 Å². The van der Waals surface area contributed by atoms with Crippen molar-refractivity contribution in [3.63, 3.8) is 0 Å². The van der Waals surface area contributed by atoms with E-state index in [0.29, 0.717) is 18.1 Å². The molecule has 1 aromatic heterocycles. The van der Waals surface area contributed by atoms with Gasteiger partial charge in [0.1, 0.15) is 16.4 Å². The summed E-state index contributed by atoms with van der Waals surface area (Å²) in [7, 11) is -1.73. The molecule has 0 aromatic carbocycles. The molecular weight excluding hydrogens is 264 g/mol. The Hall–Kier alpha value is -0.850. The molecular formula is C13H24N2O3S. The molecule has 1 aromatic rings. The summed E-state index contributed by atoms with van der Waals surface area (Å²) in [6, 6.07) is 1.52. The molecule has 6 heteroatoms. The Kier molecular flexibility index (Phi) is 5.58. The van der Waals surface area contributed by atoms with Crippen molar-refractivity contribution in [3.8, 4) is 0 Å². The van der Waals surface area contributed by atoms with Gasteiger partial charge in [0.25, 0.3) is 0 Å². The first-order chi connectivity index (χ1) is 8.81. The lowest BCUT2D eigenvalue weighted by molar-refractivity contribution is 0.435. The van der Waals surface area contributed by atoms with Gasteiger partial charge in [-0.05, 0) is 26.3 Å². The van der Waals surface area contributed by atoms with Crippen molar-refractivity contribution in [1.82, 2.24) is 10.0 Å². The van der Waals surface area contributed by atoms with Gasteiger partial charge >= 0.3 is 0 Å². The number of furan rings is 1. The molecule has 2 N–H and O–H groups in total. The summed E-state index contributed by atoms with van der Waals surface area (Å²) >= 11 is 0. The van der Waals surface area contributed by atoms with E-state index < -0.39 is 10.0 Å². The van der Waals surface area contributed by atoms with Crippen molar-refractivity contribution >= 4 is 10.0 Å². The van der Waals surface area contributed by atoms with E-state index in [-0.39, 0.29) is 16.9 Å². The predicted molar refractivity (Wildman–Crippen MR) is 75.4 cm³/mol. The van der Waals surface area contributed by atoms with Gasteiger partial charge in [-0.3, -0.25) is 0 Å². The van der Waals surface area contributed by atoms with Gasteiger partial charge in [0, 0.05) is 12.1 Å². The Morgan fingerprint density at radius 1 is 1.37 bits per heavy atom. The van der Waals surface area contributed by atoms with Crippen LogP contribution < -0.4 is 10.0 Å². The number of hydrogen-bond donors (Lipinski definition) is 2. The molecule has 0 aliphatic carbocycles. The van der Waals surface area contributed by atoms with E-state index in [4.69, 9.17) is 4.42 Å². The van der Waals surface area contributed by atoms with Crippen LogP contribution in [0.2, 0.25) is 0 Å². The van der Waals surface area contributed by atoms with Crippen LogP contribution >= 0.6 is 0 Å². The third-order valence-corrected chi connectivity index (χ3v) is 4.71. The maximum Gasteiger partial charge on any atom is 0.244 e. The lowest BCUT2D eigenvalue weighted by atomic mass is 10.0. The quantitative estimate of drug-likeness (QED) is 0.805. The largest absolute Gasteiger partial charge is 0.464 e. The van der Waals surface area contributed by atoms with E-state index >= 15 is 0 Å². The summed E-state index contributed by atoms with van der Waals surface area (Å²) in [6.45, 7) is 8.17. The zero-order valence-electron chi connectivity index (χ0n) is 12.3. The SMILES string of the molecule is CCC(NS(=O)(=O)c1cc(CNC)oc1C)C(C)C. The van der Waals surface area contributed by atoms with Gasteiger partial charge in [-0.25, -0.2) is 13.1 Å². The fourth-order valence-corrected chi connectivity index (χ4v) is 3.68. The molecule has 0 fully saturated rings. The smallest absolute Gasteiger partial charge is 0.244 e. The zero-order valence-corrected chi connectivity index (χ0v) is 13.1. The number of nitrogens with one attached hydrogen (secondary N) is 2. The van der Waals surface area contributed by atoms with E-state index in [1.165, 1.54) is 0 Å². The van der Waals surface area contributed by atoms with E-state index in [1.807, 2.05) is 20.8 Å². The third kappa shape index (κ3) is 4.06. The van der Waals surface area contributed by atoms with Crippen molar-refractivity contribution < 1.29 is 12.8 Å². The van der Waals surface area contributed by atoms with Gasteiger partial charge in [-0.15, -0.1) is 0 Å². The predicted octanol–water partition coefficient (Wildman–Crippen LogP) is 2.02. The minimum absolute atomic E-state index is 0.0629. The molecule has 0 amide bonds. The van der Waals surface area contributed by atoms with Gasteiger partial charge in [-0.1, -0.05) is 20.8 Å². The van der Waals surface area contributed by atoms with Crippen LogP contribution in [-0.2, 0) is 16.6 Å². The molecule has 5 nitrogen and oxygen atoms in total. The van der Waals surface area contributed by atoms with Crippen LogP contribution in [0.25, 0.3) is 0 Å². The summed E-state index contributed by atoms with van der Waals surface area (Å²) < 4.78 is 32.9. The standard InChI is InChI=1S/C13H24N2O3S/c1-6-12(9(2)3)15-19(16,17)13-7-11(8-14-5)18-10(13)4/h7,9,12,14-15H,6,8H2,1-5H3. The van der Waals surface area contributed by atoms with E-state index in [9.17, 15) is 8.42 Å². The molecule has 19 heavy (non-hydrogen) atoms. The Labute approximate surface area is 115 Å². The highest BCUT2D eigenvalue weighted by Gasteiger charge is 2.25. The van der Waals surface area contributed by atoms with Crippen molar-refractivity contribution in [3.05, 3.63) is 17.6 Å². The molecule has 0 saturated carbocycles. The van der Waals surface area contributed by atoms with Gasteiger partial charge in [0.15, 0.2) is 0 Å². The summed E-state index contributed by atoms with van der Waals surface area (Å²) in [6.07, 6.45) is 0.761. The van der Waals surface area contributed by atoms with Crippen LogP contribution in [0.1, 0.15) is 38.7 Å². The lowest BCUT2D eigenvalue weighted by Gasteiger charge is -2.20. The summed E-state index contributed by atoms with van der Waals surface area (Å²) in [5, 5.41) is 2.94. The van der Waals surface area contributed by atoms with Crippen molar-refractivity contribution in [2.24, 2.45) is 5.92 Å². The second-order valence-electron chi connectivity index (χ2n) is 5.04. The molecule has 0 aliphatic rings. The van der Waals surface area contributed by atoms with E-state index in [1.54, 1.807) is 20.0 Å². The average molecular weight is 288 g/mol. The first-order valence-corrected chi connectivity index (χ1v) is 8.06.